The summed E-state index contributed by atoms with van der Waals surface area (Å²) in [6.45, 7) is 0.796. The number of aromatic nitrogens is 2. The van der Waals surface area contributed by atoms with E-state index >= 15 is 0 Å². The summed E-state index contributed by atoms with van der Waals surface area (Å²) < 4.78 is 5.59. The average molecular weight is 349 g/mol. The molecule has 1 aliphatic heterocycles. The molecule has 5 nitrogen and oxygen atoms in total. The quantitative estimate of drug-likeness (QED) is 0.786. The Morgan fingerprint density at radius 3 is 2.77 bits per heavy atom. The van der Waals surface area contributed by atoms with Gasteiger partial charge in [0.25, 0.3) is 0 Å². The molecule has 5 rings (SSSR count). The number of likely N-dealkylation sites (tertiary alicyclic amines) is 1. The van der Waals surface area contributed by atoms with Gasteiger partial charge in [-0.15, -0.1) is 0 Å². The highest BCUT2D eigenvalue weighted by Crippen LogP contribution is 2.45. The minimum absolute atomic E-state index is 0.0793. The third-order valence-electron chi connectivity index (χ3n) is 6.14. The van der Waals surface area contributed by atoms with E-state index in [1.54, 1.807) is 0 Å². The molecule has 1 saturated heterocycles. The molecule has 26 heavy (non-hydrogen) atoms. The molecule has 1 amide bonds. The highest BCUT2D eigenvalue weighted by Gasteiger charge is 2.44. The summed E-state index contributed by atoms with van der Waals surface area (Å²) in [4.78, 5) is 19.9. The van der Waals surface area contributed by atoms with Crippen LogP contribution in [0.15, 0.2) is 47.0 Å². The molecule has 5 heteroatoms. The fourth-order valence-electron chi connectivity index (χ4n) is 4.80. The Bertz CT molecular complexity index is 829. The Morgan fingerprint density at radius 1 is 1.12 bits per heavy atom. The van der Waals surface area contributed by atoms with E-state index < -0.39 is 0 Å². The van der Waals surface area contributed by atoms with Gasteiger partial charge < -0.3 is 9.42 Å². The molecule has 1 aromatic carbocycles. The zero-order chi connectivity index (χ0) is 17.5. The zero-order valence-corrected chi connectivity index (χ0v) is 14.8. The molecular weight excluding hydrogens is 326 g/mol. The predicted molar refractivity (Wildman–Crippen MR) is 96.9 cm³/mol. The number of allylic oxidation sites excluding steroid dienone is 2. The van der Waals surface area contributed by atoms with Crippen molar-refractivity contribution in [2.24, 2.45) is 17.8 Å². The summed E-state index contributed by atoms with van der Waals surface area (Å²) in [5, 5.41) is 4.16. The van der Waals surface area contributed by atoms with Crippen LogP contribution in [0.5, 0.6) is 0 Å². The molecule has 2 heterocycles. The molecule has 0 N–H and O–H groups in total. The number of amides is 1. The SMILES string of the molecule is O=C([C@@H]1C[C@H]2C=C[C@H]1C2)N1CCCC[C@H]1c1nc(-c2ccccc2)no1. The van der Waals surface area contributed by atoms with Crippen LogP contribution in [-0.4, -0.2) is 27.5 Å². The van der Waals surface area contributed by atoms with Crippen molar-refractivity contribution >= 4 is 5.91 Å². The van der Waals surface area contributed by atoms with E-state index in [9.17, 15) is 4.79 Å². The predicted octanol–water partition coefficient (Wildman–Crippen LogP) is 4.00. The third kappa shape index (κ3) is 2.66. The van der Waals surface area contributed by atoms with Crippen LogP contribution in [0.4, 0.5) is 0 Å². The summed E-state index contributed by atoms with van der Waals surface area (Å²) in [6.07, 6.45) is 9.73. The average Bonchev–Trinajstić information content (AvgIpc) is 3.45. The van der Waals surface area contributed by atoms with Crippen LogP contribution >= 0.6 is 0 Å². The molecule has 134 valence electrons. The molecule has 0 unspecified atom stereocenters. The van der Waals surface area contributed by atoms with Crippen LogP contribution < -0.4 is 0 Å². The van der Waals surface area contributed by atoms with Crippen molar-refractivity contribution in [3.63, 3.8) is 0 Å². The molecule has 2 bridgehead atoms. The van der Waals surface area contributed by atoms with Crippen LogP contribution in [0.3, 0.4) is 0 Å². The van der Waals surface area contributed by atoms with Gasteiger partial charge in [0.1, 0.15) is 6.04 Å². The van der Waals surface area contributed by atoms with Gasteiger partial charge >= 0.3 is 0 Å². The summed E-state index contributed by atoms with van der Waals surface area (Å²) in [7, 11) is 0. The summed E-state index contributed by atoms with van der Waals surface area (Å²) in [6, 6.07) is 9.76. The maximum Gasteiger partial charge on any atom is 0.249 e. The number of fused-ring (bicyclic) bond motifs is 2. The fraction of sp³-hybridized carbons (Fsp3) is 0.476. The maximum atomic E-state index is 13.3. The second-order valence-electron chi connectivity index (χ2n) is 7.75. The smallest absolute Gasteiger partial charge is 0.249 e. The third-order valence-corrected chi connectivity index (χ3v) is 6.14. The lowest BCUT2D eigenvalue weighted by molar-refractivity contribution is -0.141. The first kappa shape index (κ1) is 15.8. The molecule has 1 aromatic heterocycles. The molecule has 3 aliphatic rings. The number of nitrogens with zero attached hydrogens (tertiary/aromatic N) is 3. The standard InChI is InChI=1S/C21H23N3O2/c25-21(17-13-14-9-10-16(17)12-14)24-11-5-4-8-18(24)20-22-19(23-26-20)15-6-2-1-3-7-15/h1-3,6-7,9-10,14,16-18H,4-5,8,11-13H2/t14-,16-,17+,18-/m0/s1. The lowest BCUT2D eigenvalue weighted by Gasteiger charge is -2.36. The number of carbonyl (C=O) groups excluding carboxylic acids is 1. The molecule has 0 radical (unpaired) electrons. The van der Waals surface area contributed by atoms with Crippen LogP contribution in [0.2, 0.25) is 0 Å². The lowest BCUT2D eigenvalue weighted by atomic mass is 9.90. The topological polar surface area (TPSA) is 59.2 Å². The number of piperidine rings is 1. The Balaban J connectivity index is 1.39. The summed E-state index contributed by atoms with van der Waals surface area (Å²) in [5.74, 6) is 2.63. The monoisotopic (exact) mass is 349 g/mol. The minimum Gasteiger partial charge on any atom is -0.337 e. The van der Waals surface area contributed by atoms with Gasteiger partial charge in [0.2, 0.25) is 17.6 Å². The number of rotatable bonds is 3. The summed E-state index contributed by atoms with van der Waals surface area (Å²) in [5.41, 5.74) is 0.939. The van der Waals surface area contributed by atoms with Gasteiger partial charge in [0.15, 0.2) is 0 Å². The van der Waals surface area contributed by atoms with E-state index in [2.05, 4.69) is 22.3 Å². The van der Waals surface area contributed by atoms with Gasteiger partial charge in [-0.2, -0.15) is 4.98 Å². The fourth-order valence-corrected chi connectivity index (χ4v) is 4.80. The number of benzene rings is 1. The number of hydrogen-bond donors (Lipinski definition) is 0. The highest BCUT2D eigenvalue weighted by atomic mass is 16.5. The van der Waals surface area contributed by atoms with E-state index in [0.29, 0.717) is 23.6 Å². The van der Waals surface area contributed by atoms with Crippen molar-refractivity contribution in [2.45, 2.75) is 38.1 Å². The van der Waals surface area contributed by atoms with E-state index in [-0.39, 0.29) is 17.9 Å². The number of hydrogen-bond acceptors (Lipinski definition) is 4. The first-order chi connectivity index (χ1) is 12.8. The van der Waals surface area contributed by atoms with Gasteiger partial charge in [0, 0.05) is 18.0 Å². The van der Waals surface area contributed by atoms with Crippen LogP contribution in [0.1, 0.15) is 44.0 Å². The van der Waals surface area contributed by atoms with Gasteiger partial charge in [-0.05, 0) is 43.9 Å². The first-order valence-electron chi connectivity index (χ1n) is 9.67. The van der Waals surface area contributed by atoms with Gasteiger partial charge in [-0.1, -0.05) is 47.6 Å². The molecule has 2 fully saturated rings. The van der Waals surface area contributed by atoms with Crippen molar-refractivity contribution in [3.8, 4) is 11.4 Å². The van der Waals surface area contributed by atoms with Gasteiger partial charge in [-0.25, -0.2) is 0 Å². The first-order valence-corrected chi connectivity index (χ1v) is 9.67. The minimum atomic E-state index is -0.0793. The van der Waals surface area contributed by atoms with E-state index in [0.717, 1.165) is 44.2 Å². The zero-order valence-electron chi connectivity index (χ0n) is 14.8. The van der Waals surface area contributed by atoms with Crippen LogP contribution in [0.25, 0.3) is 11.4 Å². The summed E-state index contributed by atoms with van der Waals surface area (Å²) >= 11 is 0. The Kier molecular flexibility index (Phi) is 3.88. The Morgan fingerprint density at radius 2 is 2.00 bits per heavy atom. The molecule has 1 saturated carbocycles. The van der Waals surface area contributed by atoms with E-state index in [1.807, 2.05) is 35.2 Å². The molecule has 2 aliphatic carbocycles. The molecule has 2 aromatic rings. The van der Waals surface area contributed by atoms with Crippen LogP contribution in [0, 0.1) is 17.8 Å². The van der Waals surface area contributed by atoms with Crippen molar-refractivity contribution in [1.29, 1.82) is 0 Å². The molecular formula is C21H23N3O2. The molecule has 4 atom stereocenters. The number of carbonyl (C=O) groups is 1. The Hall–Kier alpha value is -2.43. The normalized spacial score (nSPS) is 30.1. The van der Waals surface area contributed by atoms with Crippen molar-refractivity contribution in [1.82, 2.24) is 15.0 Å². The second-order valence-corrected chi connectivity index (χ2v) is 7.75. The van der Waals surface area contributed by atoms with Crippen molar-refractivity contribution in [2.75, 3.05) is 6.54 Å². The van der Waals surface area contributed by atoms with Gasteiger partial charge in [0.05, 0.1) is 0 Å². The van der Waals surface area contributed by atoms with E-state index in [4.69, 9.17) is 4.52 Å². The van der Waals surface area contributed by atoms with E-state index in [1.165, 1.54) is 0 Å². The second kappa shape index (κ2) is 6.38. The highest BCUT2D eigenvalue weighted by molar-refractivity contribution is 5.80. The Labute approximate surface area is 153 Å². The van der Waals surface area contributed by atoms with Crippen molar-refractivity contribution < 1.29 is 9.32 Å². The molecule has 0 spiro atoms. The van der Waals surface area contributed by atoms with Crippen molar-refractivity contribution in [3.05, 3.63) is 48.4 Å². The largest absolute Gasteiger partial charge is 0.337 e. The lowest BCUT2D eigenvalue weighted by Crippen LogP contribution is -2.43. The van der Waals surface area contributed by atoms with Crippen LogP contribution in [-0.2, 0) is 4.79 Å². The maximum absolute atomic E-state index is 13.3. The van der Waals surface area contributed by atoms with Gasteiger partial charge in [-0.3, -0.25) is 4.79 Å².